The topological polar surface area (TPSA) is 38.0 Å². The van der Waals surface area contributed by atoms with Crippen LogP contribution in [0.1, 0.15) is 52.0 Å². The van der Waals surface area contributed by atoms with Crippen LogP contribution in [0.2, 0.25) is 0 Å². The van der Waals surface area contributed by atoms with Gasteiger partial charge in [0, 0.05) is 24.2 Å². The first-order valence-corrected chi connectivity index (χ1v) is 7.48. The highest BCUT2D eigenvalue weighted by atomic mass is 14.9. The highest BCUT2D eigenvalue weighted by Crippen LogP contribution is 2.36. The summed E-state index contributed by atoms with van der Waals surface area (Å²) in [7, 11) is 0. The summed E-state index contributed by atoms with van der Waals surface area (Å²) in [4.78, 5) is 0. The number of rotatable bonds is 5. The monoisotopic (exact) mass is 260 g/mol. The van der Waals surface area contributed by atoms with E-state index >= 15 is 0 Å². The fourth-order valence-electron chi connectivity index (χ4n) is 3.12. The Balaban J connectivity index is 1.88. The van der Waals surface area contributed by atoms with Crippen LogP contribution in [-0.4, -0.2) is 13.1 Å². The summed E-state index contributed by atoms with van der Waals surface area (Å²) < 4.78 is 0. The van der Waals surface area contributed by atoms with Crippen LogP contribution in [0.4, 0.5) is 5.69 Å². The van der Waals surface area contributed by atoms with E-state index in [0.717, 1.165) is 18.8 Å². The molecular weight excluding hydrogens is 232 g/mol. The fourth-order valence-corrected chi connectivity index (χ4v) is 3.12. The van der Waals surface area contributed by atoms with Gasteiger partial charge in [0.2, 0.25) is 0 Å². The summed E-state index contributed by atoms with van der Waals surface area (Å²) in [5, 5.41) is 3.69. The van der Waals surface area contributed by atoms with E-state index in [9.17, 15) is 0 Å². The van der Waals surface area contributed by atoms with Gasteiger partial charge in [0.25, 0.3) is 0 Å². The summed E-state index contributed by atoms with van der Waals surface area (Å²) in [6.45, 7) is 9.17. The molecule has 2 nitrogen and oxygen atoms in total. The molecule has 0 aromatic heterocycles. The Kier molecular flexibility index (Phi) is 4.19. The zero-order valence-corrected chi connectivity index (χ0v) is 12.6. The lowest BCUT2D eigenvalue weighted by Gasteiger charge is -2.30. The Morgan fingerprint density at radius 3 is 2.32 bits per heavy atom. The molecule has 1 aliphatic carbocycles. The molecular formula is C17H28N2. The molecule has 1 saturated carbocycles. The van der Waals surface area contributed by atoms with Crippen molar-refractivity contribution in [2.45, 2.75) is 51.9 Å². The Bertz CT molecular complexity index is 400. The van der Waals surface area contributed by atoms with Crippen LogP contribution in [0.25, 0.3) is 0 Å². The molecule has 106 valence electrons. The first-order valence-electron chi connectivity index (χ1n) is 7.48. The van der Waals surface area contributed by atoms with Crippen LogP contribution >= 0.6 is 0 Å². The maximum Gasteiger partial charge on any atom is 0.0314 e. The summed E-state index contributed by atoms with van der Waals surface area (Å²) in [5.74, 6) is 0. The van der Waals surface area contributed by atoms with Crippen LogP contribution in [-0.2, 0) is 5.41 Å². The van der Waals surface area contributed by atoms with Crippen molar-refractivity contribution in [3.05, 3.63) is 29.8 Å². The van der Waals surface area contributed by atoms with E-state index in [2.05, 4.69) is 38.2 Å². The number of hydrogen-bond acceptors (Lipinski definition) is 2. The third-order valence-corrected chi connectivity index (χ3v) is 4.62. The lowest BCUT2D eigenvalue weighted by Crippen LogP contribution is -2.38. The summed E-state index contributed by atoms with van der Waals surface area (Å²) >= 11 is 0. The molecule has 0 unspecified atom stereocenters. The van der Waals surface area contributed by atoms with Gasteiger partial charge in [0.15, 0.2) is 0 Å². The standard InChI is InChI=1S/C17H28N2/c1-16(2,14-6-8-15(18)9-7-14)12-19-13-17(3)10-4-5-11-17/h6-9,19H,4-5,10-13,18H2,1-3H3. The first kappa shape index (κ1) is 14.4. The minimum Gasteiger partial charge on any atom is -0.399 e. The Labute approximate surface area is 117 Å². The third kappa shape index (κ3) is 3.73. The quantitative estimate of drug-likeness (QED) is 0.792. The Morgan fingerprint density at radius 2 is 1.74 bits per heavy atom. The average Bonchev–Trinajstić information content (AvgIpc) is 2.76. The van der Waals surface area contributed by atoms with Crippen molar-refractivity contribution in [3.63, 3.8) is 0 Å². The van der Waals surface area contributed by atoms with Crippen LogP contribution in [0.15, 0.2) is 24.3 Å². The normalized spacial score (nSPS) is 18.7. The number of benzene rings is 1. The molecule has 0 aliphatic heterocycles. The minimum atomic E-state index is 0.155. The van der Waals surface area contributed by atoms with Gasteiger partial charge in [-0.2, -0.15) is 0 Å². The number of nitrogen functional groups attached to an aromatic ring is 1. The number of nitrogens with two attached hydrogens (primary N) is 1. The molecule has 0 radical (unpaired) electrons. The zero-order valence-electron chi connectivity index (χ0n) is 12.6. The molecule has 1 aromatic rings. The van der Waals surface area contributed by atoms with Gasteiger partial charge in [-0.15, -0.1) is 0 Å². The molecule has 0 atom stereocenters. The Hall–Kier alpha value is -1.02. The van der Waals surface area contributed by atoms with Crippen LogP contribution in [0.3, 0.4) is 0 Å². The van der Waals surface area contributed by atoms with Gasteiger partial charge >= 0.3 is 0 Å². The molecule has 0 spiro atoms. The van der Waals surface area contributed by atoms with E-state index in [-0.39, 0.29) is 5.41 Å². The molecule has 0 amide bonds. The molecule has 0 bridgehead atoms. The maximum atomic E-state index is 5.75. The molecule has 2 heteroatoms. The van der Waals surface area contributed by atoms with E-state index in [0.29, 0.717) is 5.41 Å². The molecule has 1 aliphatic rings. The summed E-state index contributed by atoms with van der Waals surface area (Å²) in [6, 6.07) is 8.29. The maximum absolute atomic E-state index is 5.75. The van der Waals surface area contributed by atoms with Crippen molar-refractivity contribution in [3.8, 4) is 0 Å². The second-order valence-electron chi connectivity index (χ2n) is 7.13. The smallest absolute Gasteiger partial charge is 0.0314 e. The predicted molar refractivity (Wildman–Crippen MR) is 83.3 cm³/mol. The van der Waals surface area contributed by atoms with Crippen LogP contribution in [0, 0.1) is 5.41 Å². The van der Waals surface area contributed by atoms with E-state index in [1.165, 1.54) is 31.2 Å². The van der Waals surface area contributed by atoms with Crippen LogP contribution in [0.5, 0.6) is 0 Å². The highest BCUT2D eigenvalue weighted by molar-refractivity contribution is 5.41. The van der Waals surface area contributed by atoms with Crippen molar-refractivity contribution >= 4 is 5.69 Å². The van der Waals surface area contributed by atoms with Crippen molar-refractivity contribution in [2.75, 3.05) is 18.8 Å². The van der Waals surface area contributed by atoms with Gasteiger partial charge < -0.3 is 11.1 Å². The first-order chi connectivity index (χ1) is 8.91. The minimum absolute atomic E-state index is 0.155. The van der Waals surface area contributed by atoms with Crippen LogP contribution < -0.4 is 11.1 Å². The van der Waals surface area contributed by atoms with Crippen molar-refractivity contribution in [1.29, 1.82) is 0 Å². The van der Waals surface area contributed by atoms with Gasteiger partial charge in [-0.25, -0.2) is 0 Å². The molecule has 3 N–H and O–H groups in total. The van der Waals surface area contributed by atoms with Gasteiger partial charge in [0.05, 0.1) is 0 Å². The molecule has 0 saturated heterocycles. The SMILES string of the molecule is CC1(CNCC(C)(C)c2ccc(N)cc2)CCCC1. The van der Waals surface area contributed by atoms with Gasteiger partial charge in [-0.3, -0.25) is 0 Å². The summed E-state index contributed by atoms with van der Waals surface area (Å²) in [6.07, 6.45) is 5.56. The second-order valence-corrected chi connectivity index (χ2v) is 7.13. The van der Waals surface area contributed by atoms with Crippen molar-refractivity contribution in [1.82, 2.24) is 5.32 Å². The molecule has 0 heterocycles. The molecule has 1 fully saturated rings. The summed E-state index contributed by atoms with van der Waals surface area (Å²) in [5.41, 5.74) is 8.63. The van der Waals surface area contributed by atoms with E-state index in [1.54, 1.807) is 0 Å². The molecule has 1 aromatic carbocycles. The van der Waals surface area contributed by atoms with Gasteiger partial charge in [-0.1, -0.05) is 45.7 Å². The second kappa shape index (κ2) is 5.54. The number of hydrogen-bond donors (Lipinski definition) is 2. The number of nitrogens with one attached hydrogen (secondary N) is 1. The largest absolute Gasteiger partial charge is 0.399 e. The lowest BCUT2D eigenvalue weighted by molar-refractivity contribution is 0.301. The molecule has 2 rings (SSSR count). The van der Waals surface area contributed by atoms with E-state index in [1.807, 2.05) is 12.1 Å². The Morgan fingerprint density at radius 1 is 1.16 bits per heavy atom. The fraction of sp³-hybridized carbons (Fsp3) is 0.647. The molecule has 19 heavy (non-hydrogen) atoms. The number of anilines is 1. The third-order valence-electron chi connectivity index (χ3n) is 4.62. The lowest BCUT2D eigenvalue weighted by atomic mass is 9.83. The zero-order chi connectivity index (χ0) is 13.9. The van der Waals surface area contributed by atoms with Gasteiger partial charge in [-0.05, 0) is 36.0 Å². The van der Waals surface area contributed by atoms with Crippen molar-refractivity contribution < 1.29 is 0 Å². The average molecular weight is 260 g/mol. The predicted octanol–water partition coefficient (Wildman–Crippen LogP) is 3.72. The van der Waals surface area contributed by atoms with E-state index < -0.39 is 0 Å². The highest BCUT2D eigenvalue weighted by Gasteiger charge is 2.29. The van der Waals surface area contributed by atoms with Crippen molar-refractivity contribution in [2.24, 2.45) is 5.41 Å². The van der Waals surface area contributed by atoms with E-state index in [4.69, 9.17) is 5.73 Å². The van der Waals surface area contributed by atoms with Gasteiger partial charge in [0.1, 0.15) is 0 Å².